The van der Waals surface area contributed by atoms with Crippen LogP contribution < -0.4 is 5.32 Å². The molecule has 70 valence electrons. The Balaban J connectivity index is 2.31. The zero-order chi connectivity index (χ0) is 9.52. The van der Waals surface area contributed by atoms with Crippen LogP contribution in [0.3, 0.4) is 0 Å². The van der Waals surface area contributed by atoms with Gasteiger partial charge in [-0.15, -0.1) is 11.8 Å². The molecule has 0 fully saturated rings. The fourth-order valence-corrected chi connectivity index (χ4v) is 1.57. The van der Waals surface area contributed by atoms with Gasteiger partial charge >= 0.3 is 0 Å². The second-order valence-corrected chi connectivity index (χ2v) is 3.61. The first-order chi connectivity index (χ1) is 6.33. The monoisotopic (exact) mass is 195 g/mol. The van der Waals surface area contributed by atoms with E-state index in [1.807, 2.05) is 13.1 Å². The second kappa shape index (κ2) is 5.72. The Morgan fingerprint density at radius 1 is 1.69 bits per heavy atom. The summed E-state index contributed by atoms with van der Waals surface area (Å²) in [7, 11) is 1.92. The number of thioether (sulfide) groups is 1. The van der Waals surface area contributed by atoms with Crippen LogP contribution in [0.4, 0.5) is 0 Å². The number of hydrogen-bond donors (Lipinski definition) is 1. The normalized spacial score (nSPS) is 9.92. The van der Waals surface area contributed by atoms with Crippen LogP contribution in [0.1, 0.15) is 0 Å². The van der Waals surface area contributed by atoms with Gasteiger partial charge in [0, 0.05) is 18.5 Å². The molecule has 4 heteroatoms. The first kappa shape index (κ1) is 10.2. The van der Waals surface area contributed by atoms with E-state index in [4.69, 9.17) is 0 Å². The van der Waals surface area contributed by atoms with Crippen molar-refractivity contribution in [1.29, 1.82) is 0 Å². The van der Waals surface area contributed by atoms with Crippen LogP contribution in [-0.4, -0.2) is 29.3 Å². The first-order valence-electron chi connectivity index (χ1n) is 4.03. The third kappa shape index (κ3) is 4.05. The van der Waals surface area contributed by atoms with Crippen molar-refractivity contribution in [2.75, 3.05) is 19.3 Å². The molecule has 13 heavy (non-hydrogen) atoms. The molecule has 1 rings (SSSR count). The molecule has 0 amide bonds. The van der Waals surface area contributed by atoms with Gasteiger partial charge in [0.25, 0.3) is 0 Å². The van der Waals surface area contributed by atoms with Crippen molar-refractivity contribution >= 4 is 11.8 Å². The summed E-state index contributed by atoms with van der Waals surface area (Å²) in [5.41, 5.74) is 1.17. The summed E-state index contributed by atoms with van der Waals surface area (Å²) in [5, 5.41) is 4.05. The van der Waals surface area contributed by atoms with Gasteiger partial charge in [-0.05, 0) is 13.1 Å². The lowest BCUT2D eigenvalue weighted by Gasteiger charge is -2.03. The van der Waals surface area contributed by atoms with Gasteiger partial charge in [0.15, 0.2) is 0 Å². The molecule has 0 saturated carbocycles. The van der Waals surface area contributed by atoms with E-state index in [-0.39, 0.29) is 0 Å². The maximum absolute atomic E-state index is 4.10. The highest BCUT2D eigenvalue weighted by atomic mass is 32.2. The number of aromatic nitrogens is 2. The Morgan fingerprint density at radius 2 is 2.54 bits per heavy atom. The van der Waals surface area contributed by atoms with Crippen molar-refractivity contribution < 1.29 is 0 Å². The maximum atomic E-state index is 4.10. The summed E-state index contributed by atoms with van der Waals surface area (Å²) < 4.78 is 0. The van der Waals surface area contributed by atoms with Crippen LogP contribution in [0.25, 0.3) is 0 Å². The number of nitrogens with one attached hydrogen (secondary N) is 1. The zero-order valence-corrected chi connectivity index (χ0v) is 8.47. The minimum absolute atomic E-state index is 0.859. The fraction of sp³-hybridized carbons (Fsp3) is 0.333. The van der Waals surface area contributed by atoms with Crippen molar-refractivity contribution in [2.24, 2.45) is 0 Å². The van der Waals surface area contributed by atoms with Gasteiger partial charge in [-0.1, -0.05) is 12.2 Å². The van der Waals surface area contributed by atoms with Crippen molar-refractivity contribution in [3.63, 3.8) is 0 Å². The quantitative estimate of drug-likeness (QED) is 0.437. The molecule has 1 aromatic rings. The van der Waals surface area contributed by atoms with Crippen LogP contribution in [0.2, 0.25) is 0 Å². The lowest BCUT2D eigenvalue weighted by Crippen LogP contribution is -2.10. The molecule has 0 spiro atoms. The molecule has 0 radical (unpaired) electrons. The van der Waals surface area contributed by atoms with Gasteiger partial charge in [0.2, 0.25) is 0 Å². The largest absolute Gasteiger partial charge is 0.316 e. The highest BCUT2D eigenvalue weighted by Gasteiger charge is 1.96. The Morgan fingerprint density at radius 3 is 3.15 bits per heavy atom. The van der Waals surface area contributed by atoms with Crippen LogP contribution in [-0.2, 0) is 0 Å². The summed E-state index contributed by atoms with van der Waals surface area (Å²) >= 11 is 1.68. The van der Waals surface area contributed by atoms with Crippen molar-refractivity contribution in [1.82, 2.24) is 15.3 Å². The highest BCUT2D eigenvalue weighted by molar-refractivity contribution is 7.99. The Hall–Kier alpha value is -0.870. The first-order valence-corrected chi connectivity index (χ1v) is 5.01. The molecular weight excluding hydrogens is 182 g/mol. The fourth-order valence-electron chi connectivity index (χ4n) is 0.841. The van der Waals surface area contributed by atoms with Gasteiger partial charge in [-0.25, -0.2) is 9.97 Å². The van der Waals surface area contributed by atoms with E-state index in [1.54, 1.807) is 24.3 Å². The zero-order valence-electron chi connectivity index (χ0n) is 7.66. The average Bonchev–Trinajstić information content (AvgIpc) is 2.17. The van der Waals surface area contributed by atoms with Gasteiger partial charge in [0.1, 0.15) is 6.33 Å². The molecule has 0 aliphatic rings. The molecule has 0 aromatic carbocycles. The molecule has 0 unspecified atom stereocenters. The van der Waals surface area contributed by atoms with Gasteiger partial charge in [-0.2, -0.15) is 0 Å². The summed E-state index contributed by atoms with van der Waals surface area (Å²) in [6.07, 6.45) is 3.30. The van der Waals surface area contributed by atoms with Crippen LogP contribution >= 0.6 is 11.8 Å². The lowest BCUT2D eigenvalue weighted by atomic mass is 10.3. The van der Waals surface area contributed by atoms with Gasteiger partial charge < -0.3 is 5.32 Å². The molecule has 0 aliphatic carbocycles. The van der Waals surface area contributed by atoms with E-state index < -0.39 is 0 Å². The Labute approximate surface area is 82.7 Å². The van der Waals surface area contributed by atoms with E-state index in [0.29, 0.717) is 0 Å². The van der Waals surface area contributed by atoms with Crippen LogP contribution in [0, 0.1) is 0 Å². The predicted octanol–water partition coefficient (Wildman–Crippen LogP) is 1.34. The summed E-state index contributed by atoms with van der Waals surface area (Å²) in [6, 6.07) is 1.90. The van der Waals surface area contributed by atoms with Gasteiger partial charge in [0.05, 0.1) is 5.03 Å². The number of nitrogens with zero attached hydrogens (tertiary/aromatic N) is 2. The molecule has 0 saturated heterocycles. The van der Waals surface area contributed by atoms with E-state index in [9.17, 15) is 0 Å². The number of likely N-dealkylation sites (N-methyl/N-ethyl adjacent to an activating group) is 1. The molecule has 1 heterocycles. The van der Waals surface area contributed by atoms with E-state index in [0.717, 1.165) is 17.3 Å². The molecule has 1 N–H and O–H groups in total. The summed E-state index contributed by atoms with van der Waals surface area (Å²) in [5.74, 6) is 0.901. The highest BCUT2D eigenvalue weighted by Crippen LogP contribution is 2.15. The molecule has 1 aromatic heterocycles. The van der Waals surface area contributed by atoms with Crippen molar-refractivity contribution in [3.8, 4) is 0 Å². The standard InChI is InChI=1S/C9H13N3S/c1-8(5-10-2)6-13-9-3-4-11-7-12-9/h3-4,7,10H,1,5-6H2,2H3. The van der Waals surface area contributed by atoms with Gasteiger partial charge in [-0.3, -0.25) is 0 Å². The maximum Gasteiger partial charge on any atom is 0.116 e. The smallest absolute Gasteiger partial charge is 0.116 e. The third-order valence-corrected chi connectivity index (χ3v) is 2.50. The lowest BCUT2D eigenvalue weighted by molar-refractivity contribution is 0.885. The number of hydrogen-bond acceptors (Lipinski definition) is 4. The molecule has 0 aliphatic heterocycles. The Kier molecular flexibility index (Phi) is 4.49. The van der Waals surface area contributed by atoms with E-state index in [2.05, 4.69) is 21.9 Å². The molecule has 3 nitrogen and oxygen atoms in total. The van der Waals surface area contributed by atoms with E-state index in [1.165, 1.54) is 5.57 Å². The minimum Gasteiger partial charge on any atom is -0.316 e. The average molecular weight is 195 g/mol. The summed E-state index contributed by atoms with van der Waals surface area (Å²) in [6.45, 7) is 4.79. The van der Waals surface area contributed by atoms with Crippen molar-refractivity contribution in [3.05, 3.63) is 30.7 Å². The topological polar surface area (TPSA) is 37.8 Å². The molecule has 0 atom stereocenters. The van der Waals surface area contributed by atoms with Crippen LogP contribution in [0.15, 0.2) is 35.8 Å². The molecular formula is C9H13N3S. The predicted molar refractivity (Wildman–Crippen MR) is 55.8 cm³/mol. The SMILES string of the molecule is C=C(CNC)CSc1ccncn1. The van der Waals surface area contributed by atoms with Crippen LogP contribution in [0.5, 0.6) is 0 Å². The third-order valence-electron chi connectivity index (χ3n) is 1.41. The minimum atomic E-state index is 0.859. The Bertz CT molecular complexity index is 261. The second-order valence-electron chi connectivity index (χ2n) is 2.62. The van der Waals surface area contributed by atoms with Crippen molar-refractivity contribution in [2.45, 2.75) is 5.03 Å². The van der Waals surface area contributed by atoms with E-state index >= 15 is 0 Å². The summed E-state index contributed by atoms with van der Waals surface area (Å²) in [4.78, 5) is 7.95. The number of rotatable bonds is 5. The molecule has 0 bridgehead atoms.